The highest BCUT2D eigenvalue weighted by atomic mass is 32.1. The molecule has 0 amide bonds. The summed E-state index contributed by atoms with van der Waals surface area (Å²) in [6.07, 6.45) is -4.49. The van der Waals surface area contributed by atoms with Crippen molar-refractivity contribution in [1.82, 2.24) is 0 Å². The first-order valence-corrected chi connectivity index (χ1v) is 16.7. The summed E-state index contributed by atoms with van der Waals surface area (Å²) in [5.41, 5.74) is 1.92. The van der Waals surface area contributed by atoms with E-state index in [1.165, 1.54) is 35.6 Å². The second kappa shape index (κ2) is 11.6. The average Bonchev–Trinajstić information content (AvgIpc) is 3.48. The van der Waals surface area contributed by atoms with Gasteiger partial charge in [0.2, 0.25) is 0 Å². The maximum absolute atomic E-state index is 14.7. The molecule has 0 aliphatic heterocycles. The molecule has 0 aliphatic carbocycles. The molecule has 0 nitrogen and oxygen atoms in total. The van der Waals surface area contributed by atoms with E-state index < -0.39 is 23.5 Å². The van der Waals surface area contributed by atoms with Crippen LogP contribution in [0.4, 0.5) is 26.3 Å². The summed E-state index contributed by atoms with van der Waals surface area (Å²) >= 11 is 1.52. The normalized spacial score (nSPS) is 12.7. The van der Waals surface area contributed by atoms with Crippen molar-refractivity contribution in [2.75, 3.05) is 0 Å². The Balaban J connectivity index is 1.52. The molecule has 1 aromatic heterocycles. The SMILES string of the molecule is C=Cc1c(/C=C\C)c(-c2cccc3c2sc2cccc(-c4c5ccccc5c(C(F)(F)F)c5ccccc45)c23)c2ccccc2c1C(F)(F)F. The second-order valence-corrected chi connectivity index (χ2v) is 13.2. The lowest BCUT2D eigenvalue weighted by molar-refractivity contribution is -0.136. The first-order chi connectivity index (χ1) is 24.0. The molecule has 0 atom stereocenters. The summed E-state index contributed by atoms with van der Waals surface area (Å²) < 4.78 is 89.9. The van der Waals surface area contributed by atoms with Crippen molar-refractivity contribution in [2.24, 2.45) is 0 Å². The predicted octanol–water partition coefficient (Wildman–Crippen LogP) is 14.6. The van der Waals surface area contributed by atoms with Gasteiger partial charge < -0.3 is 0 Å². The van der Waals surface area contributed by atoms with Gasteiger partial charge in [-0.05, 0) is 73.1 Å². The van der Waals surface area contributed by atoms with Crippen LogP contribution in [0.5, 0.6) is 0 Å². The number of hydrogen-bond donors (Lipinski definition) is 0. The van der Waals surface area contributed by atoms with Crippen LogP contribution in [0.3, 0.4) is 0 Å². The molecule has 0 saturated heterocycles. The lowest BCUT2D eigenvalue weighted by Crippen LogP contribution is -2.10. The Hall–Kier alpha value is -5.40. The molecule has 0 spiro atoms. The highest BCUT2D eigenvalue weighted by Crippen LogP contribution is 2.52. The molecule has 0 N–H and O–H groups in total. The molecule has 8 aromatic rings. The monoisotopic (exact) mass is 688 g/mol. The van der Waals surface area contributed by atoms with E-state index in [1.807, 2.05) is 36.4 Å². The Morgan fingerprint density at radius 3 is 1.54 bits per heavy atom. The highest BCUT2D eigenvalue weighted by molar-refractivity contribution is 7.26. The topological polar surface area (TPSA) is 0 Å². The molecule has 246 valence electrons. The summed E-state index contributed by atoms with van der Waals surface area (Å²) in [5.74, 6) is 0. The van der Waals surface area contributed by atoms with Gasteiger partial charge in [-0.3, -0.25) is 0 Å². The second-order valence-electron chi connectivity index (χ2n) is 12.1. The molecule has 0 radical (unpaired) electrons. The van der Waals surface area contributed by atoms with Gasteiger partial charge in [0.15, 0.2) is 0 Å². The van der Waals surface area contributed by atoms with Crippen molar-refractivity contribution in [2.45, 2.75) is 19.3 Å². The van der Waals surface area contributed by atoms with Crippen LogP contribution in [0.25, 0.3) is 86.9 Å². The average molecular weight is 689 g/mol. The summed E-state index contributed by atoms with van der Waals surface area (Å²) in [7, 11) is 0. The number of hydrogen-bond acceptors (Lipinski definition) is 1. The molecule has 50 heavy (non-hydrogen) atoms. The van der Waals surface area contributed by atoms with Gasteiger partial charge in [0, 0.05) is 25.7 Å². The van der Waals surface area contributed by atoms with Gasteiger partial charge in [-0.2, -0.15) is 26.3 Å². The molecule has 0 unspecified atom stereocenters. The van der Waals surface area contributed by atoms with E-state index in [-0.39, 0.29) is 21.7 Å². The van der Waals surface area contributed by atoms with Gasteiger partial charge in [-0.15, -0.1) is 11.3 Å². The molecule has 7 heteroatoms. The van der Waals surface area contributed by atoms with Crippen LogP contribution >= 0.6 is 11.3 Å². The minimum absolute atomic E-state index is 0.00537. The van der Waals surface area contributed by atoms with Crippen molar-refractivity contribution in [1.29, 1.82) is 0 Å². The molecular formula is C43H26F6S. The molecule has 8 rings (SSSR count). The van der Waals surface area contributed by atoms with Crippen molar-refractivity contribution >= 4 is 76.0 Å². The minimum Gasteiger partial charge on any atom is -0.166 e. The zero-order chi connectivity index (χ0) is 34.9. The zero-order valence-corrected chi connectivity index (χ0v) is 27.3. The minimum atomic E-state index is -4.62. The van der Waals surface area contributed by atoms with E-state index >= 15 is 0 Å². The molecule has 0 bridgehead atoms. The number of alkyl halides is 6. The molecule has 0 fully saturated rings. The number of rotatable bonds is 4. The van der Waals surface area contributed by atoms with E-state index in [2.05, 4.69) is 6.58 Å². The summed E-state index contributed by atoms with van der Waals surface area (Å²) in [5, 5.41) is 3.50. The maximum Gasteiger partial charge on any atom is 0.417 e. The molecule has 0 aliphatic rings. The summed E-state index contributed by atoms with van der Waals surface area (Å²) in [4.78, 5) is 0. The molecule has 7 aromatic carbocycles. The van der Waals surface area contributed by atoms with Crippen LogP contribution in [-0.2, 0) is 12.4 Å². The van der Waals surface area contributed by atoms with Crippen LogP contribution in [-0.4, -0.2) is 0 Å². The molecule has 1 heterocycles. The number of fused-ring (bicyclic) bond motifs is 6. The van der Waals surface area contributed by atoms with Crippen LogP contribution < -0.4 is 0 Å². The van der Waals surface area contributed by atoms with Crippen molar-refractivity contribution < 1.29 is 26.3 Å². The Bertz CT molecular complexity index is 2650. The number of halogens is 6. The van der Waals surface area contributed by atoms with E-state index in [1.54, 1.807) is 73.7 Å². The maximum atomic E-state index is 14.7. The standard InChI is InChI=1S/C43H26F6S/c1-3-13-25-24(4-2)39(42(44,45)46)29-17-8-7-16-28(29)37(25)33-21-11-22-34-38-32(20-12-23-35(38)50-41(33)34)36-26-14-5-9-18-30(26)40(43(47,48)49)31-19-10-6-15-27(31)36/h3-23H,2H2,1H3/b13-3-. The first kappa shape index (κ1) is 31.8. The van der Waals surface area contributed by atoms with Crippen LogP contribution in [0.1, 0.15) is 29.2 Å². The molecular weight excluding hydrogens is 663 g/mol. The van der Waals surface area contributed by atoms with Crippen LogP contribution in [0, 0.1) is 0 Å². The largest absolute Gasteiger partial charge is 0.417 e. The predicted molar refractivity (Wildman–Crippen MR) is 198 cm³/mol. The number of benzene rings is 7. The number of allylic oxidation sites excluding steroid dienone is 1. The van der Waals surface area contributed by atoms with E-state index in [0.717, 1.165) is 31.3 Å². The highest BCUT2D eigenvalue weighted by Gasteiger charge is 2.38. The van der Waals surface area contributed by atoms with Gasteiger partial charge in [-0.1, -0.05) is 128 Å². The van der Waals surface area contributed by atoms with Crippen molar-refractivity contribution in [3.8, 4) is 22.3 Å². The van der Waals surface area contributed by atoms with E-state index in [9.17, 15) is 26.3 Å². The van der Waals surface area contributed by atoms with E-state index in [0.29, 0.717) is 32.8 Å². The van der Waals surface area contributed by atoms with Crippen LogP contribution in [0.15, 0.2) is 122 Å². The zero-order valence-electron chi connectivity index (χ0n) is 26.5. The third-order valence-electron chi connectivity index (χ3n) is 9.39. The Morgan fingerprint density at radius 1 is 0.520 bits per heavy atom. The summed E-state index contributed by atoms with van der Waals surface area (Å²) in [6.45, 7) is 5.57. The molecule has 0 saturated carbocycles. The quantitative estimate of drug-likeness (QED) is 0.128. The van der Waals surface area contributed by atoms with Crippen molar-refractivity contribution in [3.05, 3.63) is 144 Å². The lowest BCUT2D eigenvalue weighted by atomic mass is 9.84. The first-order valence-electron chi connectivity index (χ1n) is 15.9. The fraction of sp³-hybridized carbons (Fsp3) is 0.0698. The fourth-order valence-electron chi connectivity index (χ4n) is 7.60. The Kier molecular flexibility index (Phi) is 7.39. The smallest absolute Gasteiger partial charge is 0.166 e. The van der Waals surface area contributed by atoms with Gasteiger partial charge in [0.1, 0.15) is 0 Å². The fourth-order valence-corrected chi connectivity index (χ4v) is 8.85. The van der Waals surface area contributed by atoms with E-state index in [4.69, 9.17) is 0 Å². The third kappa shape index (κ3) is 4.75. The summed E-state index contributed by atoms with van der Waals surface area (Å²) in [6, 6.07) is 31.4. The number of thiophene rings is 1. The van der Waals surface area contributed by atoms with Gasteiger partial charge in [-0.25, -0.2) is 0 Å². The third-order valence-corrected chi connectivity index (χ3v) is 10.6. The Labute approximate surface area is 287 Å². The lowest BCUT2D eigenvalue weighted by Gasteiger charge is -2.21. The van der Waals surface area contributed by atoms with Crippen LogP contribution in [0.2, 0.25) is 0 Å². The van der Waals surface area contributed by atoms with Gasteiger partial charge >= 0.3 is 12.4 Å². The van der Waals surface area contributed by atoms with Crippen molar-refractivity contribution in [3.63, 3.8) is 0 Å². The van der Waals surface area contributed by atoms with Gasteiger partial charge in [0.25, 0.3) is 0 Å². The Morgan fingerprint density at radius 2 is 1.00 bits per heavy atom. The van der Waals surface area contributed by atoms with Gasteiger partial charge in [0.05, 0.1) is 11.1 Å².